The van der Waals surface area contributed by atoms with Crippen LogP contribution in [0.5, 0.6) is 0 Å². The molecule has 1 atom stereocenters. The number of anilines is 3. The summed E-state index contributed by atoms with van der Waals surface area (Å²) in [5, 5.41) is 6.61. The Morgan fingerprint density at radius 2 is 1.69 bits per heavy atom. The molecular formula is C38H46N10O3. The van der Waals surface area contributed by atoms with Gasteiger partial charge in [-0.15, -0.1) is 0 Å². The molecule has 1 aromatic carbocycles. The summed E-state index contributed by atoms with van der Waals surface area (Å²) in [6, 6.07) is 15.2. The van der Waals surface area contributed by atoms with Crippen molar-refractivity contribution in [3.8, 4) is 0 Å². The summed E-state index contributed by atoms with van der Waals surface area (Å²) in [6.07, 6.45) is 9.11. The zero-order valence-electron chi connectivity index (χ0n) is 29.4. The minimum Gasteiger partial charge on any atom is -0.368 e. The molecule has 3 aliphatic heterocycles. The van der Waals surface area contributed by atoms with Gasteiger partial charge in [-0.3, -0.25) is 29.5 Å². The molecule has 13 heteroatoms. The summed E-state index contributed by atoms with van der Waals surface area (Å²) in [6.45, 7) is 6.98. The highest BCUT2D eigenvalue weighted by atomic mass is 16.2. The van der Waals surface area contributed by atoms with E-state index in [4.69, 9.17) is 9.97 Å². The third-order valence-corrected chi connectivity index (χ3v) is 11.0. The number of hydrogen-bond acceptors (Lipinski definition) is 10. The third kappa shape index (κ3) is 6.92. The van der Waals surface area contributed by atoms with Gasteiger partial charge < -0.3 is 19.7 Å². The Bertz CT molecular complexity index is 1900. The van der Waals surface area contributed by atoms with Crippen molar-refractivity contribution in [3.05, 3.63) is 71.7 Å². The molecule has 3 saturated heterocycles. The Hall–Kier alpha value is -4.88. The minimum atomic E-state index is -0.235. The molecular weight excluding hydrogens is 644 g/mol. The number of carbonyl (C=O) groups excluding carboxylic acids is 3. The number of carbonyl (C=O) groups is 3. The number of rotatable bonds is 9. The summed E-state index contributed by atoms with van der Waals surface area (Å²) in [5.41, 5.74) is 4.79. The smallest absolute Gasteiger partial charge is 0.270 e. The first kappa shape index (κ1) is 33.3. The van der Waals surface area contributed by atoms with Crippen LogP contribution in [0.3, 0.4) is 0 Å². The van der Waals surface area contributed by atoms with E-state index in [9.17, 15) is 14.4 Å². The maximum Gasteiger partial charge on any atom is 0.270 e. The van der Waals surface area contributed by atoms with E-state index in [1.54, 1.807) is 25.2 Å². The van der Waals surface area contributed by atoms with Crippen molar-refractivity contribution in [2.75, 3.05) is 63.6 Å². The monoisotopic (exact) mass is 690 g/mol. The van der Waals surface area contributed by atoms with Gasteiger partial charge in [0.1, 0.15) is 17.2 Å². The van der Waals surface area contributed by atoms with Gasteiger partial charge in [0.25, 0.3) is 5.91 Å². The van der Waals surface area contributed by atoms with Crippen LogP contribution in [-0.4, -0.2) is 111 Å². The number of pyridine rings is 1. The highest BCUT2D eigenvalue weighted by Gasteiger charge is 2.34. The average Bonchev–Trinajstić information content (AvgIpc) is 3.78. The number of piperidine rings is 1. The van der Waals surface area contributed by atoms with E-state index in [0.717, 1.165) is 93.8 Å². The SMILES string of the molecule is CN(C)C(=O)c1cc2cnc(Nc3ccc(N4CCN(C5CN(Cc6ccc(C7CCC(=O)NC7=O)cc6)C5)CC4)cn3)nc2n1C1CCCC1. The van der Waals surface area contributed by atoms with Crippen LogP contribution in [0, 0.1) is 0 Å². The lowest BCUT2D eigenvalue weighted by atomic mass is 9.90. The molecule has 1 unspecified atom stereocenters. The maximum atomic E-state index is 13.0. The molecule has 0 bridgehead atoms. The molecule has 4 aliphatic rings. The first-order valence-electron chi connectivity index (χ1n) is 18.3. The van der Waals surface area contributed by atoms with Crippen molar-refractivity contribution in [2.45, 2.75) is 63.1 Å². The normalized spacial score (nSPS) is 20.8. The molecule has 1 aliphatic carbocycles. The summed E-state index contributed by atoms with van der Waals surface area (Å²) in [5.74, 6) is 0.533. The minimum absolute atomic E-state index is 0.0186. The Balaban J connectivity index is 0.825. The van der Waals surface area contributed by atoms with E-state index >= 15 is 0 Å². The van der Waals surface area contributed by atoms with E-state index in [2.05, 4.69) is 53.1 Å². The predicted molar refractivity (Wildman–Crippen MR) is 195 cm³/mol. The number of benzene rings is 1. The molecule has 51 heavy (non-hydrogen) atoms. The molecule has 3 amide bonds. The zero-order valence-corrected chi connectivity index (χ0v) is 29.4. The van der Waals surface area contributed by atoms with Gasteiger partial charge >= 0.3 is 0 Å². The van der Waals surface area contributed by atoms with E-state index in [1.807, 2.05) is 30.5 Å². The molecule has 0 radical (unpaired) electrons. The quantitative estimate of drug-likeness (QED) is 0.249. The summed E-state index contributed by atoms with van der Waals surface area (Å²) in [7, 11) is 3.57. The molecule has 6 heterocycles. The number of nitrogens with one attached hydrogen (secondary N) is 2. The van der Waals surface area contributed by atoms with Crippen LogP contribution in [0.2, 0.25) is 0 Å². The lowest BCUT2D eigenvalue weighted by Crippen LogP contribution is -2.62. The van der Waals surface area contributed by atoms with Crippen LogP contribution in [0.15, 0.2) is 54.9 Å². The van der Waals surface area contributed by atoms with Crippen molar-refractivity contribution < 1.29 is 14.4 Å². The lowest BCUT2D eigenvalue weighted by Gasteiger charge is -2.48. The summed E-state index contributed by atoms with van der Waals surface area (Å²) >= 11 is 0. The largest absolute Gasteiger partial charge is 0.368 e. The number of nitrogens with zero attached hydrogens (tertiary/aromatic N) is 8. The van der Waals surface area contributed by atoms with Crippen molar-refractivity contribution in [2.24, 2.45) is 0 Å². The summed E-state index contributed by atoms with van der Waals surface area (Å²) in [4.78, 5) is 60.0. The van der Waals surface area contributed by atoms with Crippen LogP contribution in [-0.2, 0) is 16.1 Å². The molecule has 3 aromatic heterocycles. The second kappa shape index (κ2) is 14.0. The average molecular weight is 691 g/mol. The second-order valence-electron chi connectivity index (χ2n) is 14.7. The molecule has 13 nitrogen and oxygen atoms in total. The Morgan fingerprint density at radius 1 is 0.922 bits per heavy atom. The third-order valence-electron chi connectivity index (χ3n) is 11.0. The van der Waals surface area contributed by atoms with Gasteiger partial charge in [0, 0.05) is 90.0 Å². The first-order chi connectivity index (χ1) is 24.8. The fourth-order valence-electron chi connectivity index (χ4n) is 8.13. The van der Waals surface area contributed by atoms with Crippen molar-refractivity contribution >= 4 is 46.2 Å². The van der Waals surface area contributed by atoms with E-state index in [0.29, 0.717) is 36.3 Å². The highest BCUT2D eigenvalue weighted by Crippen LogP contribution is 2.35. The maximum absolute atomic E-state index is 13.0. The number of aromatic nitrogens is 4. The van der Waals surface area contributed by atoms with E-state index in [-0.39, 0.29) is 29.7 Å². The number of hydrogen-bond donors (Lipinski definition) is 2. The van der Waals surface area contributed by atoms with Crippen molar-refractivity contribution in [3.63, 3.8) is 0 Å². The van der Waals surface area contributed by atoms with Gasteiger partial charge in [-0.2, -0.15) is 4.98 Å². The molecule has 1 saturated carbocycles. The lowest BCUT2D eigenvalue weighted by molar-refractivity contribution is -0.134. The zero-order chi connectivity index (χ0) is 35.1. The van der Waals surface area contributed by atoms with E-state index in [1.165, 1.54) is 5.56 Å². The molecule has 4 aromatic rings. The molecule has 266 valence electrons. The van der Waals surface area contributed by atoms with Crippen LogP contribution >= 0.6 is 0 Å². The number of likely N-dealkylation sites (tertiary alicyclic amines) is 1. The Labute approximate surface area is 298 Å². The van der Waals surface area contributed by atoms with Gasteiger partial charge in [-0.25, -0.2) is 9.97 Å². The fourth-order valence-corrected chi connectivity index (χ4v) is 8.13. The second-order valence-corrected chi connectivity index (χ2v) is 14.7. The standard InChI is InChI=1S/C38H46N10O3/c1-44(2)37(51)32-19-27-20-40-38(43-35(27)48(32)28-5-3-4-6-28)41-33-13-11-29(21-39-33)46-15-17-47(18-16-46)30-23-45(24-30)22-25-7-9-26(10-8-25)31-12-14-34(49)42-36(31)50/h7-11,13,19-21,28,30-31H,3-6,12,14-18,22-24H2,1-2H3,(H,42,49,50)(H,39,40,41,43). The Kier molecular flexibility index (Phi) is 9.15. The number of amides is 3. The van der Waals surface area contributed by atoms with Crippen LogP contribution in [0.4, 0.5) is 17.5 Å². The molecule has 4 fully saturated rings. The molecule has 0 spiro atoms. The molecule has 8 rings (SSSR count). The van der Waals surface area contributed by atoms with Gasteiger partial charge in [-0.1, -0.05) is 37.1 Å². The number of fused-ring (bicyclic) bond motifs is 1. The van der Waals surface area contributed by atoms with Gasteiger partial charge in [-0.05, 0) is 48.6 Å². The van der Waals surface area contributed by atoms with Crippen molar-refractivity contribution in [1.29, 1.82) is 0 Å². The van der Waals surface area contributed by atoms with Crippen LogP contribution < -0.4 is 15.5 Å². The number of piperazine rings is 1. The topological polar surface area (TPSA) is 132 Å². The fraction of sp³-hybridized carbons (Fsp3) is 0.474. The van der Waals surface area contributed by atoms with Crippen molar-refractivity contribution in [1.82, 2.24) is 39.5 Å². The molecule has 2 N–H and O–H groups in total. The summed E-state index contributed by atoms with van der Waals surface area (Å²) < 4.78 is 2.13. The first-order valence-corrected chi connectivity index (χ1v) is 18.3. The van der Waals surface area contributed by atoms with Crippen LogP contribution in [0.25, 0.3) is 11.0 Å². The van der Waals surface area contributed by atoms with Crippen LogP contribution in [0.1, 0.15) is 72.1 Å². The predicted octanol–water partition coefficient (Wildman–Crippen LogP) is 3.91. The van der Waals surface area contributed by atoms with Gasteiger partial charge in [0.15, 0.2) is 0 Å². The Morgan fingerprint density at radius 3 is 2.37 bits per heavy atom. The number of imide groups is 1. The van der Waals surface area contributed by atoms with Gasteiger partial charge in [0.05, 0.1) is 17.8 Å². The highest BCUT2D eigenvalue weighted by molar-refractivity contribution is 6.01. The van der Waals surface area contributed by atoms with E-state index < -0.39 is 0 Å². The van der Waals surface area contributed by atoms with Gasteiger partial charge in [0.2, 0.25) is 17.8 Å².